The lowest BCUT2D eigenvalue weighted by Crippen LogP contribution is -2.30. The summed E-state index contributed by atoms with van der Waals surface area (Å²) in [6.45, 7) is 3.98. The molecule has 0 aliphatic heterocycles. The highest BCUT2D eigenvalue weighted by Gasteiger charge is 2.22. The highest BCUT2D eigenvalue weighted by atomic mass is 16.5. The molecule has 0 radical (unpaired) electrons. The summed E-state index contributed by atoms with van der Waals surface area (Å²) in [5.41, 5.74) is 4.02. The number of aromatic nitrogens is 1. The lowest BCUT2D eigenvalue weighted by atomic mass is 10.0. The second-order valence-corrected chi connectivity index (χ2v) is 6.96. The number of aliphatic carboxylic acids is 1. The van der Waals surface area contributed by atoms with E-state index in [1.54, 1.807) is 24.3 Å². The Morgan fingerprint density at radius 1 is 1.07 bits per heavy atom. The lowest BCUT2D eigenvalue weighted by Gasteiger charge is -2.18. The van der Waals surface area contributed by atoms with Crippen molar-refractivity contribution in [2.75, 3.05) is 14.2 Å². The standard InChI is InChI=1S/C22H24N2O5/c1-12-7-13(2)15-10-18(23-17(15)8-12)22(27)24-16(11-21(25)26)14-5-6-19(28-3)20(9-14)29-4/h5-10,16,23H,11H2,1-4H3,(H,24,27)(H,25,26). The molecule has 7 nitrogen and oxygen atoms in total. The predicted molar refractivity (Wildman–Crippen MR) is 110 cm³/mol. The number of amides is 1. The molecule has 7 heteroatoms. The number of hydrogen-bond acceptors (Lipinski definition) is 4. The Morgan fingerprint density at radius 2 is 1.79 bits per heavy atom. The summed E-state index contributed by atoms with van der Waals surface area (Å²) in [7, 11) is 3.02. The minimum atomic E-state index is -1.02. The topological polar surface area (TPSA) is 101 Å². The molecule has 0 spiro atoms. The maximum absolute atomic E-state index is 12.9. The van der Waals surface area contributed by atoms with Crippen molar-refractivity contribution in [3.63, 3.8) is 0 Å². The molecule has 0 saturated heterocycles. The largest absolute Gasteiger partial charge is 0.493 e. The van der Waals surface area contributed by atoms with Crippen LogP contribution in [0.3, 0.4) is 0 Å². The Morgan fingerprint density at radius 3 is 2.45 bits per heavy atom. The fourth-order valence-corrected chi connectivity index (χ4v) is 3.45. The van der Waals surface area contributed by atoms with Gasteiger partial charge in [-0.2, -0.15) is 0 Å². The maximum Gasteiger partial charge on any atom is 0.305 e. The second-order valence-electron chi connectivity index (χ2n) is 6.96. The molecule has 1 unspecified atom stereocenters. The number of aryl methyl sites for hydroxylation is 2. The van der Waals surface area contributed by atoms with Gasteiger partial charge in [0.2, 0.25) is 0 Å². The first-order valence-electron chi connectivity index (χ1n) is 9.17. The van der Waals surface area contributed by atoms with E-state index in [0.717, 1.165) is 22.0 Å². The minimum absolute atomic E-state index is 0.264. The number of hydrogen-bond donors (Lipinski definition) is 3. The first kappa shape index (κ1) is 20.3. The Kier molecular flexibility index (Phi) is 5.77. The SMILES string of the molecule is COc1ccc(C(CC(=O)O)NC(=O)c2cc3c(C)cc(C)cc3[nH]2)cc1OC. The molecule has 1 amide bonds. The Bertz CT molecular complexity index is 1070. The Labute approximate surface area is 168 Å². The number of aromatic amines is 1. The van der Waals surface area contributed by atoms with Gasteiger partial charge in [0.15, 0.2) is 11.5 Å². The minimum Gasteiger partial charge on any atom is -0.493 e. The Balaban J connectivity index is 1.92. The van der Waals surface area contributed by atoms with Crippen LogP contribution in [0, 0.1) is 13.8 Å². The molecule has 1 atom stereocenters. The fraction of sp³-hybridized carbons (Fsp3) is 0.273. The average Bonchev–Trinajstić information content (AvgIpc) is 3.11. The highest BCUT2D eigenvalue weighted by Crippen LogP contribution is 2.31. The van der Waals surface area contributed by atoms with E-state index >= 15 is 0 Å². The average molecular weight is 396 g/mol. The fourth-order valence-electron chi connectivity index (χ4n) is 3.45. The first-order valence-corrected chi connectivity index (χ1v) is 9.17. The summed E-state index contributed by atoms with van der Waals surface area (Å²) < 4.78 is 10.5. The van der Waals surface area contributed by atoms with Gasteiger partial charge in [-0.3, -0.25) is 9.59 Å². The van der Waals surface area contributed by atoms with Crippen LogP contribution < -0.4 is 14.8 Å². The number of nitrogens with one attached hydrogen (secondary N) is 2. The molecule has 0 aliphatic carbocycles. The molecule has 29 heavy (non-hydrogen) atoms. The number of carbonyl (C=O) groups is 2. The van der Waals surface area contributed by atoms with Gasteiger partial charge < -0.3 is 24.9 Å². The molecule has 1 heterocycles. The van der Waals surface area contributed by atoms with Gasteiger partial charge in [-0.15, -0.1) is 0 Å². The zero-order chi connectivity index (χ0) is 21.1. The van der Waals surface area contributed by atoms with E-state index in [9.17, 15) is 14.7 Å². The Hall–Kier alpha value is -3.48. The van der Waals surface area contributed by atoms with Crippen molar-refractivity contribution in [2.24, 2.45) is 0 Å². The van der Waals surface area contributed by atoms with Crippen molar-refractivity contribution >= 4 is 22.8 Å². The number of carbonyl (C=O) groups excluding carboxylic acids is 1. The van der Waals surface area contributed by atoms with E-state index < -0.39 is 12.0 Å². The highest BCUT2D eigenvalue weighted by molar-refractivity contribution is 5.99. The summed E-state index contributed by atoms with van der Waals surface area (Å²) >= 11 is 0. The van der Waals surface area contributed by atoms with E-state index in [1.807, 2.05) is 19.9 Å². The van der Waals surface area contributed by atoms with Crippen molar-refractivity contribution in [2.45, 2.75) is 26.3 Å². The first-order chi connectivity index (χ1) is 13.8. The van der Waals surface area contributed by atoms with E-state index in [1.165, 1.54) is 14.2 Å². The molecule has 0 aliphatic rings. The molecule has 0 bridgehead atoms. The molecule has 0 saturated carbocycles. The van der Waals surface area contributed by atoms with Gasteiger partial charge in [-0.25, -0.2) is 0 Å². The zero-order valence-electron chi connectivity index (χ0n) is 16.8. The van der Waals surface area contributed by atoms with Crippen molar-refractivity contribution in [3.8, 4) is 11.5 Å². The summed E-state index contributed by atoms with van der Waals surface area (Å²) in [5.74, 6) is -0.406. The third kappa shape index (κ3) is 4.34. The molecule has 3 rings (SSSR count). The molecular weight excluding hydrogens is 372 g/mol. The number of carboxylic acids is 1. The number of benzene rings is 2. The molecule has 0 fully saturated rings. The van der Waals surface area contributed by atoms with Crippen LogP contribution in [0.15, 0.2) is 36.4 Å². The van der Waals surface area contributed by atoms with Gasteiger partial charge in [0, 0.05) is 10.9 Å². The monoisotopic (exact) mass is 396 g/mol. The maximum atomic E-state index is 12.9. The van der Waals surface area contributed by atoms with Gasteiger partial charge >= 0.3 is 5.97 Å². The van der Waals surface area contributed by atoms with Crippen molar-refractivity contribution in [3.05, 3.63) is 58.8 Å². The molecule has 3 aromatic rings. The molecule has 152 valence electrons. The quantitative estimate of drug-likeness (QED) is 0.565. The number of methoxy groups -OCH3 is 2. The van der Waals surface area contributed by atoms with E-state index in [2.05, 4.69) is 16.4 Å². The van der Waals surface area contributed by atoms with Crippen LogP contribution in [-0.2, 0) is 4.79 Å². The van der Waals surface area contributed by atoms with Crippen LogP contribution in [0.5, 0.6) is 11.5 Å². The van der Waals surface area contributed by atoms with Crippen LogP contribution in [0.25, 0.3) is 10.9 Å². The van der Waals surface area contributed by atoms with Crippen molar-refractivity contribution in [1.29, 1.82) is 0 Å². The van der Waals surface area contributed by atoms with Crippen LogP contribution in [0.4, 0.5) is 0 Å². The van der Waals surface area contributed by atoms with Crippen LogP contribution in [0.1, 0.15) is 39.6 Å². The number of H-pyrrole nitrogens is 1. The van der Waals surface area contributed by atoms with Crippen LogP contribution in [0.2, 0.25) is 0 Å². The predicted octanol–water partition coefficient (Wildman–Crippen LogP) is 3.75. The summed E-state index contributed by atoms with van der Waals surface area (Å²) in [6, 6.07) is 10.2. The van der Waals surface area contributed by atoms with Crippen LogP contribution in [-0.4, -0.2) is 36.2 Å². The number of rotatable bonds is 7. The number of carboxylic acid groups (broad SMARTS) is 1. The van der Waals surface area contributed by atoms with Gasteiger partial charge in [-0.1, -0.05) is 12.1 Å². The normalized spacial score (nSPS) is 11.9. The molecule has 1 aromatic heterocycles. The van der Waals surface area contributed by atoms with E-state index in [4.69, 9.17) is 9.47 Å². The summed E-state index contributed by atoms with van der Waals surface area (Å²) in [6.07, 6.45) is -0.264. The second kappa shape index (κ2) is 8.26. The van der Waals surface area contributed by atoms with Crippen LogP contribution >= 0.6 is 0 Å². The third-order valence-corrected chi connectivity index (χ3v) is 4.83. The lowest BCUT2D eigenvalue weighted by molar-refractivity contribution is -0.137. The number of ether oxygens (including phenoxy) is 2. The molecule has 3 N–H and O–H groups in total. The zero-order valence-corrected chi connectivity index (χ0v) is 16.8. The van der Waals surface area contributed by atoms with Gasteiger partial charge in [0.25, 0.3) is 5.91 Å². The van der Waals surface area contributed by atoms with Crippen molar-refractivity contribution in [1.82, 2.24) is 10.3 Å². The molecule has 2 aromatic carbocycles. The van der Waals surface area contributed by atoms with Gasteiger partial charge in [-0.05, 0) is 54.8 Å². The summed E-state index contributed by atoms with van der Waals surface area (Å²) in [5, 5.41) is 13.1. The van der Waals surface area contributed by atoms with Gasteiger partial charge in [0.05, 0.1) is 26.7 Å². The van der Waals surface area contributed by atoms with E-state index in [-0.39, 0.29) is 12.3 Å². The third-order valence-electron chi connectivity index (χ3n) is 4.83. The molecular formula is C22H24N2O5. The van der Waals surface area contributed by atoms with Crippen molar-refractivity contribution < 1.29 is 24.2 Å². The van der Waals surface area contributed by atoms with Gasteiger partial charge in [0.1, 0.15) is 5.69 Å². The number of fused-ring (bicyclic) bond motifs is 1. The summed E-state index contributed by atoms with van der Waals surface area (Å²) in [4.78, 5) is 27.4. The van der Waals surface area contributed by atoms with E-state index in [0.29, 0.717) is 22.8 Å². The smallest absolute Gasteiger partial charge is 0.305 e.